The van der Waals surface area contributed by atoms with Crippen LogP contribution >= 0.6 is 24.0 Å². The van der Waals surface area contributed by atoms with E-state index in [1.54, 1.807) is 14.2 Å². The first-order valence-electron chi connectivity index (χ1n) is 9.59. The zero-order valence-corrected chi connectivity index (χ0v) is 20.7. The molecule has 30 heavy (non-hydrogen) atoms. The number of guanidine groups is 1. The quantitative estimate of drug-likeness (QED) is 0.238. The fourth-order valence-corrected chi connectivity index (χ4v) is 4.67. The van der Waals surface area contributed by atoms with Crippen LogP contribution in [0.4, 0.5) is 0 Å². The van der Waals surface area contributed by atoms with Gasteiger partial charge in [-0.05, 0) is 31.0 Å². The van der Waals surface area contributed by atoms with Gasteiger partial charge in [-0.2, -0.15) is 0 Å². The number of benzene rings is 1. The molecule has 1 aromatic carbocycles. The van der Waals surface area contributed by atoms with Gasteiger partial charge in [0.05, 0.1) is 32.3 Å². The van der Waals surface area contributed by atoms with Gasteiger partial charge in [0.1, 0.15) is 0 Å². The van der Waals surface area contributed by atoms with Gasteiger partial charge >= 0.3 is 0 Å². The molecular weight excluding hydrogens is 523 g/mol. The van der Waals surface area contributed by atoms with Crippen molar-refractivity contribution in [2.75, 3.05) is 38.8 Å². The molecule has 0 aliphatic carbocycles. The highest BCUT2D eigenvalue weighted by molar-refractivity contribution is 14.0. The summed E-state index contributed by atoms with van der Waals surface area (Å²) in [5, 5.41) is 9.03. The standard InChI is InChI=1S/C19H30N4O5S.HI/c1-4-20-19(22-12-14-5-6-16(27-2)17(11-14)28-3)21-9-7-18(24)23-15-8-10-29(25,26)13-15;/h5-6,11,15H,4,7-10,12-13H2,1-3H3,(H,23,24)(H2,20,21,22);1H. The van der Waals surface area contributed by atoms with E-state index >= 15 is 0 Å². The van der Waals surface area contributed by atoms with Gasteiger partial charge in [-0.3, -0.25) is 4.79 Å². The van der Waals surface area contributed by atoms with E-state index < -0.39 is 9.84 Å². The molecule has 1 amide bonds. The third kappa shape index (κ3) is 8.54. The van der Waals surface area contributed by atoms with Crippen LogP contribution in [-0.2, 0) is 21.2 Å². The lowest BCUT2D eigenvalue weighted by molar-refractivity contribution is -0.121. The molecule has 1 atom stereocenters. The van der Waals surface area contributed by atoms with Crippen molar-refractivity contribution in [3.8, 4) is 11.5 Å². The number of nitrogens with zero attached hydrogens (tertiary/aromatic N) is 1. The Hall–Kier alpha value is -1.76. The molecule has 170 valence electrons. The van der Waals surface area contributed by atoms with E-state index in [-0.39, 0.29) is 53.9 Å². The van der Waals surface area contributed by atoms with E-state index in [4.69, 9.17) is 9.47 Å². The minimum absolute atomic E-state index is 0. The maximum atomic E-state index is 12.0. The van der Waals surface area contributed by atoms with Crippen LogP contribution < -0.4 is 25.4 Å². The summed E-state index contributed by atoms with van der Waals surface area (Å²) in [5.74, 6) is 1.90. The summed E-state index contributed by atoms with van der Waals surface area (Å²) < 4.78 is 33.5. The molecule has 11 heteroatoms. The molecule has 1 aromatic rings. The Morgan fingerprint density at radius 1 is 1.20 bits per heavy atom. The fraction of sp³-hybridized carbons (Fsp3) is 0.579. The zero-order valence-electron chi connectivity index (χ0n) is 17.6. The van der Waals surface area contributed by atoms with Crippen molar-refractivity contribution in [3.63, 3.8) is 0 Å². The van der Waals surface area contributed by atoms with E-state index in [0.717, 1.165) is 5.56 Å². The summed E-state index contributed by atoms with van der Waals surface area (Å²) >= 11 is 0. The number of carbonyl (C=O) groups excluding carboxylic acids is 1. The first-order chi connectivity index (χ1) is 13.9. The fourth-order valence-electron chi connectivity index (χ4n) is 2.99. The van der Waals surface area contributed by atoms with Crippen molar-refractivity contribution in [3.05, 3.63) is 23.8 Å². The smallest absolute Gasteiger partial charge is 0.222 e. The highest BCUT2D eigenvalue weighted by atomic mass is 127. The van der Waals surface area contributed by atoms with Crippen molar-refractivity contribution in [2.45, 2.75) is 32.4 Å². The lowest BCUT2D eigenvalue weighted by Crippen LogP contribution is -2.41. The van der Waals surface area contributed by atoms with Crippen molar-refractivity contribution in [1.29, 1.82) is 0 Å². The summed E-state index contributed by atoms with van der Waals surface area (Å²) in [6, 6.07) is 5.34. The Labute approximate surface area is 195 Å². The van der Waals surface area contributed by atoms with Crippen LogP contribution in [0, 0.1) is 0 Å². The summed E-state index contributed by atoms with van der Waals surface area (Å²) in [5.41, 5.74) is 0.958. The second-order valence-corrected chi connectivity index (χ2v) is 8.96. The minimum Gasteiger partial charge on any atom is -0.493 e. The monoisotopic (exact) mass is 554 g/mol. The molecule has 1 aliphatic rings. The Morgan fingerprint density at radius 2 is 1.93 bits per heavy atom. The van der Waals surface area contributed by atoms with Crippen molar-refractivity contribution < 1.29 is 22.7 Å². The Kier molecular flexibility index (Phi) is 11.2. The molecule has 0 bridgehead atoms. The van der Waals surface area contributed by atoms with Crippen LogP contribution in [0.3, 0.4) is 0 Å². The van der Waals surface area contributed by atoms with Crippen LogP contribution in [0.25, 0.3) is 0 Å². The number of rotatable bonds is 9. The number of nitrogens with one attached hydrogen (secondary N) is 3. The van der Waals surface area contributed by atoms with Gasteiger partial charge in [0.15, 0.2) is 27.3 Å². The molecule has 1 fully saturated rings. The molecule has 0 spiro atoms. The van der Waals surface area contributed by atoms with Gasteiger partial charge in [0.25, 0.3) is 0 Å². The molecular formula is C19H31IN4O5S. The summed E-state index contributed by atoms with van der Waals surface area (Å²) in [6.07, 6.45) is 0.717. The Morgan fingerprint density at radius 3 is 2.53 bits per heavy atom. The van der Waals surface area contributed by atoms with Gasteiger partial charge in [-0.15, -0.1) is 24.0 Å². The number of methoxy groups -OCH3 is 2. The van der Waals surface area contributed by atoms with Gasteiger partial charge in [0, 0.05) is 25.6 Å². The topological polar surface area (TPSA) is 118 Å². The zero-order chi connectivity index (χ0) is 21.3. The predicted octanol–water partition coefficient (Wildman–Crippen LogP) is 1.07. The number of sulfone groups is 1. The summed E-state index contributed by atoms with van der Waals surface area (Å²) in [7, 11) is 0.172. The number of carbonyl (C=O) groups is 1. The van der Waals surface area contributed by atoms with Crippen LogP contribution in [0.5, 0.6) is 11.5 Å². The number of hydrogen-bond donors (Lipinski definition) is 3. The molecule has 3 N–H and O–H groups in total. The Balaban J connectivity index is 0.00000450. The molecule has 0 aromatic heterocycles. The van der Waals surface area contributed by atoms with Gasteiger partial charge in [0.2, 0.25) is 5.91 Å². The molecule has 1 unspecified atom stereocenters. The molecule has 1 saturated heterocycles. The average molecular weight is 554 g/mol. The largest absolute Gasteiger partial charge is 0.493 e. The molecule has 0 radical (unpaired) electrons. The van der Waals surface area contributed by atoms with Crippen molar-refractivity contribution in [2.24, 2.45) is 4.99 Å². The Bertz CT molecular complexity index is 832. The first kappa shape index (κ1) is 26.3. The number of hydrogen-bond acceptors (Lipinski definition) is 6. The number of aliphatic imine (C=N–C) groups is 1. The minimum atomic E-state index is -3.00. The SMILES string of the molecule is CCNC(=NCc1ccc(OC)c(OC)c1)NCCC(=O)NC1CCS(=O)(=O)C1.I. The van der Waals surface area contributed by atoms with Gasteiger partial charge in [-0.25, -0.2) is 13.4 Å². The average Bonchev–Trinajstić information content (AvgIpc) is 3.03. The van der Waals surface area contributed by atoms with E-state index in [2.05, 4.69) is 20.9 Å². The molecule has 1 heterocycles. The number of halogens is 1. The predicted molar refractivity (Wildman–Crippen MR) is 128 cm³/mol. The van der Waals surface area contributed by atoms with Crippen LogP contribution in [0.1, 0.15) is 25.3 Å². The second kappa shape index (κ2) is 12.8. The number of amides is 1. The highest BCUT2D eigenvalue weighted by Gasteiger charge is 2.28. The molecule has 0 saturated carbocycles. The third-order valence-electron chi connectivity index (χ3n) is 4.45. The third-order valence-corrected chi connectivity index (χ3v) is 6.22. The lowest BCUT2D eigenvalue weighted by atomic mass is 10.2. The van der Waals surface area contributed by atoms with E-state index in [1.165, 1.54) is 0 Å². The van der Waals surface area contributed by atoms with Crippen LogP contribution in [0.15, 0.2) is 23.2 Å². The molecule has 2 rings (SSSR count). The number of ether oxygens (including phenoxy) is 2. The van der Waals surface area contributed by atoms with E-state index in [0.29, 0.717) is 43.5 Å². The van der Waals surface area contributed by atoms with Crippen LogP contribution in [-0.4, -0.2) is 65.1 Å². The van der Waals surface area contributed by atoms with Gasteiger partial charge < -0.3 is 25.4 Å². The molecule has 1 aliphatic heterocycles. The molecule has 9 nitrogen and oxygen atoms in total. The lowest BCUT2D eigenvalue weighted by Gasteiger charge is -2.13. The highest BCUT2D eigenvalue weighted by Crippen LogP contribution is 2.27. The first-order valence-corrected chi connectivity index (χ1v) is 11.4. The van der Waals surface area contributed by atoms with Crippen molar-refractivity contribution >= 4 is 45.7 Å². The summed E-state index contributed by atoms with van der Waals surface area (Å²) in [4.78, 5) is 16.5. The van der Waals surface area contributed by atoms with Crippen molar-refractivity contribution in [1.82, 2.24) is 16.0 Å². The summed E-state index contributed by atoms with van der Waals surface area (Å²) in [6.45, 7) is 3.47. The maximum Gasteiger partial charge on any atom is 0.222 e. The normalized spacial score (nSPS) is 17.6. The van der Waals surface area contributed by atoms with E-state index in [9.17, 15) is 13.2 Å². The second-order valence-electron chi connectivity index (χ2n) is 6.73. The van der Waals surface area contributed by atoms with Gasteiger partial charge in [-0.1, -0.05) is 6.07 Å². The maximum absolute atomic E-state index is 12.0. The van der Waals surface area contributed by atoms with E-state index in [1.807, 2.05) is 25.1 Å². The van der Waals surface area contributed by atoms with Crippen LogP contribution in [0.2, 0.25) is 0 Å².